The molecule has 2 heterocycles. The molecule has 0 spiro atoms. The molecule has 168 valence electrons. The number of ether oxygens (including phenoxy) is 3. The van der Waals surface area contributed by atoms with Gasteiger partial charge in [-0.25, -0.2) is 14.4 Å². The Hall–Kier alpha value is -3.17. The Bertz CT molecular complexity index is 1150. The summed E-state index contributed by atoms with van der Waals surface area (Å²) in [5.74, 6) is 0.977. The summed E-state index contributed by atoms with van der Waals surface area (Å²) < 4.78 is 30.1. The maximum Gasteiger partial charge on any atom is 0.248 e. The van der Waals surface area contributed by atoms with Crippen LogP contribution in [0, 0.1) is 5.82 Å². The van der Waals surface area contributed by atoms with Crippen molar-refractivity contribution in [3.63, 3.8) is 0 Å². The second-order valence-electron chi connectivity index (χ2n) is 7.30. The van der Waals surface area contributed by atoms with Gasteiger partial charge in [0.15, 0.2) is 11.5 Å². The Balaban J connectivity index is 1.61. The average molecular weight is 461 g/mol. The minimum Gasteiger partial charge on any atom is -0.493 e. The summed E-state index contributed by atoms with van der Waals surface area (Å²) in [6, 6.07) is 7.89. The molecule has 2 aromatic carbocycles. The van der Waals surface area contributed by atoms with Crippen molar-refractivity contribution < 1.29 is 23.4 Å². The fourth-order valence-electron chi connectivity index (χ4n) is 3.57. The van der Waals surface area contributed by atoms with Gasteiger partial charge in [-0.05, 0) is 24.3 Å². The molecule has 10 heteroatoms. The van der Waals surface area contributed by atoms with Crippen molar-refractivity contribution in [2.45, 2.75) is 12.5 Å². The van der Waals surface area contributed by atoms with E-state index in [4.69, 9.17) is 25.8 Å². The Morgan fingerprint density at radius 1 is 1.25 bits per heavy atom. The van der Waals surface area contributed by atoms with Crippen LogP contribution in [0.25, 0.3) is 10.9 Å². The number of hydrogen-bond acceptors (Lipinski definition) is 7. The number of aromatic nitrogens is 2. The molecule has 1 fully saturated rings. The first-order valence-corrected chi connectivity index (χ1v) is 10.3. The molecule has 1 aliphatic rings. The number of nitrogens with one attached hydrogen (secondary N) is 1. The highest BCUT2D eigenvalue weighted by Gasteiger charge is 2.28. The van der Waals surface area contributed by atoms with Crippen LogP contribution in [0.1, 0.15) is 6.42 Å². The molecule has 1 atom stereocenters. The SMILES string of the molecule is COCC(=O)N1CCC(Oc2cc3c(Nc4ccc(F)c(Cl)c4)ncnc3cc2OC)C1. The topological polar surface area (TPSA) is 85.8 Å². The van der Waals surface area contributed by atoms with Crippen molar-refractivity contribution in [1.29, 1.82) is 0 Å². The van der Waals surface area contributed by atoms with Gasteiger partial charge in [0.25, 0.3) is 0 Å². The zero-order valence-corrected chi connectivity index (χ0v) is 18.4. The van der Waals surface area contributed by atoms with Gasteiger partial charge in [-0.1, -0.05) is 11.6 Å². The fourth-order valence-corrected chi connectivity index (χ4v) is 3.75. The first-order chi connectivity index (χ1) is 15.5. The van der Waals surface area contributed by atoms with Crippen LogP contribution in [0.5, 0.6) is 11.5 Å². The zero-order valence-electron chi connectivity index (χ0n) is 17.6. The van der Waals surface area contributed by atoms with Crippen LogP contribution in [0.15, 0.2) is 36.7 Å². The van der Waals surface area contributed by atoms with E-state index < -0.39 is 5.82 Å². The number of hydrogen-bond donors (Lipinski definition) is 1. The number of rotatable bonds is 7. The maximum atomic E-state index is 13.5. The molecule has 1 aliphatic heterocycles. The van der Waals surface area contributed by atoms with Crippen LogP contribution < -0.4 is 14.8 Å². The van der Waals surface area contributed by atoms with Crippen molar-refractivity contribution in [3.05, 3.63) is 47.5 Å². The second kappa shape index (κ2) is 9.54. The third kappa shape index (κ3) is 4.68. The van der Waals surface area contributed by atoms with Gasteiger partial charge in [-0.15, -0.1) is 0 Å². The molecular formula is C22H22ClFN4O4. The van der Waals surface area contributed by atoms with Crippen LogP contribution in [-0.4, -0.2) is 60.8 Å². The minimum absolute atomic E-state index is 0.00728. The van der Waals surface area contributed by atoms with Crippen molar-refractivity contribution in [2.75, 3.05) is 39.2 Å². The lowest BCUT2D eigenvalue weighted by molar-refractivity contribution is -0.134. The molecule has 32 heavy (non-hydrogen) atoms. The number of carbonyl (C=O) groups is 1. The van der Waals surface area contributed by atoms with Crippen molar-refractivity contribution in [3.8, 4) is 11.5 Å². The molecule has 3 aromatic rings. The predicted molar refractivity (Wildman–Crippen MR) is 118 cm³/mol. The van der Waals surface area contributed by atoms with Gasteiger partial charge < -0.3 is 24.4 Å². The summed E-state index contributed by atoms with van der Waals surface area (Å²) >= 11 is 5.89. The first-order valence-electron chi connectivity index (χ1n) is 9.96. The summed E-state index contributed by atoms with van der Waals surface area (Å²) in [6.45, 7) is 1.11. The third-order valence-corrected chi connectivity index (χ3v) is 5.45. The van der Waals surface area contributed by atoms with Crippen molar-refractivity contribution in [2.24, 2.45) is 0 Å². The van der Waals surface area contributed by atoms with Gasteiger partial charge in [0.2, 0.25) is 5.91 Å². The van der Waals surface area contributed by atoms with Crippen LogP contribution in [0.3, 0.4) is 0 Å². The Morgan fingerprint density at radius 3 is 2.84 bits per heavy atom. The van der Waals surface area contributed by atoms with Gasteiger partial charge in [0.05, 0.1) is 24.2 Å². The standard InChI is InChI=1S/C22H22ClFN4O4/c1-30-11-21(29)28-6-5-14(10-28)32-20-8-15-18(9-19(20)31-2)25-12-26-22(15)27-13-3-4-17(24)16(23)7-13/h3-4,7-9,12,14H,5-6,10-11H2,1-2H3,(H,25,26,27). The number of nitrogens with zero attached hydrogens (tertiary/aromatic N) is 3. The quantitative estimate of drug-likeness (QED) is 0.574. The van der Waals surface area contributed by atoms with Gasteiger partial charge in [0.1, 0.15) is 30.7 Å². The molecule has 0 aliphatic carbocycles. The van der Waals surface area contributed by atoms with Gasteiger partial charge >= 0.3 is 0 Å². The van der Waals surface area contributed by atoms with E-state index in [0.717, 1.165) is 0 Å². The summed E-state index contributed by atoms with van der Waals surface area (Å²) in [4.78, 5) is 22.4. The van der Waals surface area contributed by atoms with Gasteiger partial charge in [-0.3, -0.25) is 4.79 Å². The fraction of sp³-hybridized carbons (Fsp3) is 0.318. The van der Waals surface area contributed by atoms with E-state index in [2.05, 4.69) is 15.3 Å². The number of anilines is 2. The molecule has 4 rings (SSSR count). The number of amides is 1. The summed E-state index contributed by atoms with van der Waals surface area (Å²) in [5.41, 5.74) is 1.22. The normalized spacial score (nSPS) is 15.8. The molecule has 8 nitrogen and oxygen atoms in total. The molecule has 1 saturated heterocycles. The molecule has 1 amide bonds. The van der Waals surface area contributed by atoms with E-state index in [9.17, 15) is 9.18 Å². The van der Waals surface area contributed by atoms with Gasteiger partial charge in [0, 0.05) is 37.2 Å². The molecule has 1 N–H and O–H groups in total. The highest BCUT2D eigenvalue weighted by atomic mass is 35.5. The smallest absolute Gasteiger partial charge is 0.248 e. The van der Waals surface area contributed by atoms with Crippen LogP contribution in [0.2, 0.25) is 5.02 Å². The highest BCUT2D eigenvalue weighted by Crippen LogP contribution is 2.36. The van der Waals surface area contributed by atoms with E-state index in [0.29, 0.717) is 53.4 Å². The van der Waals surface area contributed by atoms with E-state index in [-0.39, 0.29) is 23.6 Å². The Kier molecular flexibility index (Phi) is 6.57. The lowest BCUT2D eigenvalue weighted by Gasteiger charge is -2.19. The monoisotopic (exact) mass is 460 g/mol. The molecule has 0 saturated carbocycles. The number of carbonyl (C=O) groups excluding carboxylic acids is 1. The van der Waals surface area contributed by atoms with Crippen LogP contribution >= 0.6 is 11.6 Å². The Labute approximate surface area is 189 Å². The molecule has 1 aromatic heterocycles. The molecule has 0 bridgehead atoms. The predicted octanol–water partition coefficient (Wildman–Crippen LogP) is 3.80. The van der Waals surface area contributed by atoms with Crippen LogP contribution in [-0.2, 0) is 9.53 Å². The molecule has 1 unspecified atom stereocenters. The van der Waals surface area contributed by atoms with E-state index in [1.165, 1.54) is 25.6 Å². The number of methoxy groups -OCH3 is 2. The van der Waals surface area contributed by atoms with E-state index in [1.54, 1.807) is 30.2 Å². The largest absolute Gasteiger partial charge is 0.493 e. The van der Waals surface area contributed by atoms with E-state index >= 15 is 0 Å². The summed E-state index contributed by atoms with van der Waals surface area (Å²) in [6.07, 6.45) is 1.94. The number of fused-ring (bicyclic) bond motifs is 1. The Morgan fingerprint density at radius 2 is 2.09 bits per heavy atom. The maximum absolute atomic E-state index is 13.5. The van der Waals surface area contributed by atoms with Gasteiger partial charge in [-0.2, -0.15) is 0 Å². The number of benzene rings is 2. The molecule has 0 radical (unpaired) electrons. The summed E-state index contributed by atoms with van der Waals surface area (Å²) in [5, 5.41) is 3.84. The average Bonchev–Trinajstić information content (AvgIpc) is 3.25. The number of halogens is 2. The van der Waals surface area contributed by atoms with Crippen LogP contribution in [0.4, 0.5) is 15.9 Å². The van der Waals surface area contributed by atoms with E-state index in [1.807, 2.05) is 0 Å². The minimum atomic E-state index is -0.500. The number of likely N-dealkylation sites (tertiary alicyclic amines) is 1. The third-order valence-electron chi connectivity index (χ3n) is 5.16. The zero-order chi connectivity index (χ0) is 22.7. The second-order valence-corrected chi connectivity index (χ2v) is 7.70. The molecular weight excluding hydrogens is 439 g/mol. The lowest BCUT2D eigenvalue weighted by Crippen LogP contribution is -2.33. The summed E-state index contributed by atoms with van der Waals surface area (Å²) in [7, 11) is 3.05. The first kappa shape index (κ1) is 22.0. The van der Waals surface area contributed by atoms with Crippen molar-refractivity contribution >= 4 is 39.9 Å². The lowest BCUT2D eigenvalue weighted by atomic mass is 10.2. The highest BCUT2D eigenvalue weighted by molar-refractivity contribution is 6.31. The van der Waals surface area contributed by atoms with Crippen molar-refractivity contribution in [1.82, 2.24) is 14.9 Å².